The largest absolute Gasteiger partial charge is 0.354 e. The van der Waals surface area contributed by atoms with Crippen molar-refractivity contribution in [2.24, 2.45) is 0 Å². The van der Waals surface area contributed by atoms with Gasteiger partial charge in [0.25, 0.3) is 0 Å². The van der Waals surface area contributed by atoms with Crippen molar-refractivity contribution in [1.29, 1.82) is 0 Å². The number of carbonyl (C=O) groups is 1. The van der Waals surface area contributed by atoms with Crippen molar-refractivity contribution in [3.63, 3.8) is 0 Å². The van der Waals surface area contributed by atoms with E-state index in [2.05, 4.69) is 44.0 Å². The lowest BCUT2D eigenvalue weighted by atomic mass is 10.0. The number of aryl methyl sites for hydroxylation is 1. The van der Waals surface area contributed by atoms with E-state index < -0.39 is 0 Å². The molecule has 0 aromatic carbocycles. The van der Waals surface area contributed by atoms with Crippen LogP contribution in [0.4, 0.5) is 5.82 Å². The van der Waals surface area contributed by atoms with Crippen LogP contribution >= 0.6 is 0 Å². The molecule has 4 rings (SSSR count). The number of hydrogen-bond acceptors (Lipinski definition) is 5. The topological polar surface area (TPSA) is 77.1 Å². The number of hydrogen-bond donors (Lipinski definition) is 2. The van der Waals surface area contributed by atoms with Gasteiger partial charge in [0.15, 0.2) is 0 Å². The normalized spacial score (nSPS) is 24.3. The predicted octanol–water partition coefficient (Wildman–Crippen LogP) is 1.70. The minimum absolute atomic E-state index is 0.0277. The average molecular weight is 356 g/mol. The molecule has 2 aromatic heterocycles. The molecule has 2 N–H and O–H groups in total. The maximum absolute atomic E-state index is 12.7. The van der Waals surface area contributed by atoms with Crippen LogP contribution in [0.3, 0.4) is 0 Å². The van der Waals surface area contributed by atoms with Crippen LogP contribution in [0.5, 0.6) is 0 Å². The van der Waals surface area contributed by atoms with Crippen molar-refractivity contribution in [3.8, 4) is 0 Å². The third-order valence-corrected chi connectivity index (χ3v) is 5.82. The fourth-order valence-electron chi connectivity index (χ4n) is 4.30. The van der Waals surface area contributed by atoms with Gasteiger partial charge in [-0.15, -0.1) is 0 Å². The first kappa shape index (κ1) is 17.3. The zero-order valence-corrected chi connectivity index (χ0v) is 15.7. The lowest BCUT2D eigenvalue weighted by Gasteiger charge is -2.32. The number of aromatic nitrogens is 3. The molecule has 2 saturated heterocycles. The van der Waals surface area contributed by atoms with Gasteiger partial charge in [-0.2, -0.15) is 0 Å². The highest BCUT2D eigenvalue weighted by Gasteiger charge is 2.31. The lowest BCUT2D eigenvalue weighted by Crippen LogP contribution is -2.50. The number of fused-ring (bicyclic) bond motifs is 1. The highest BCUT2D eigenvalue weighted by molar-refractivity contribution is 5.91. The lowest BCUT2D eigenvalue weighted by molar-refractivity contribution is -0.127. The van der Waals surface area contributed by atoms with Crippen LogP contribution in [0.2, 0.25) is 0 Å². The number of nitrogens with zero attached hydrogens (tertiary/aromatic N) is 4. The van der Waals surface area contributed by atoms with Gasteiger partial charge in [0.05, 0.1) is 11.4 Å². The Morgan fingerprint density at radius 3 is 3.00 bits per heavy atom. The van der Waals surface area contributed by atoms with E-state index in [-0.39, 0.29) is 18.0 Å². The second-order valence-corrected chi connectivity index (χ2v) is 7.52. The molecule has 2 aromatic rings. The monoisotopic (exact) mass is 356 g/mol. The quantitative estimate of drug-likeness (QED) is 0.872. The van der Waals surface area contributed by atoms with E-state index in [0.717, 1.165) is 62.2 Å². The first-order valence-electron chi connectivity index (χ1n) is 9.74. The van der Waals surface area contributed by atoms with Gasteiger partial charge in [-0.1, -0.05) is 13.3 Å². The van der Waals surface area contributed by atoms with E-state index in [1.807, 2.05) is 6.20 Å². The van der Waals surface area contributed by atoms with Gasteiger partial charge in [0, 0.05) is 25.3 Å². The van der Waals surface area contributed by atoms with Crippen LogP contribution in [0.25, 0.3) is 11.0 Å². The van der Waals surface area contributed by atoms with Crippen LogP contribution in [0, 0.1) is 0 Å². The Morgan fingerprint density at radius 1 is 1.31 bits per heavy atom. The van der Waals surface area contributed by atoms with Gasteiger partial charge in [-0.25, -0.2) is 9.97 Å². The van der Waals surface area contributed by atoms with Crippen LogP contribution in [-0.4, -0.2) is 64.5 Å². The predicted molar refractivity (Wildman–Crippen MR) is 102 cm³/mol. The van der Waals surface area contributed by atoms with Gasteiger partial charge < -0.3 is 15.2 Å². The summed E-state index contributed by atoms with van der Waals surface area (Å²) in [5.74, 6) is 1.17. The first-order valence-corrected chi connectivity index (χ1v) is 9.74. The van der Waals surface area contributed by atoms with Crippen molar-refractivity contribution in [3.05, 3.63) is 18.1 Å². The maximum Gasteiger partial charge on any atom is 0.237 e. The molecule has 7 nitrogen and oxygen atoms in total. The summed E-state index contributed by atoms with van der Waals surface area (Å²) >= 11 is 0. The van der Waals surface area contributed by atoms with Gasteiger partial charge in [-0.3, -0.25) is 9.69 Å². The average Bonchev–Trinajstić information content (AvgIpc) is 3.28. The number of amides is 1. The van der Waals surface area contributed by atoms with Gasteiger partial charge in [0.2, 0.25) is 5.91 Å². The van der Waals surface area contributed by atoms with E-state index in [0.29, 0.717) is 0 Å². The maximum atomic E-state index is 12.7. The Hall–Kier alpha value is -2.15. The Balaban J connectivity index is 1.46. The molecule has 140 valence electrons. The molecule has 0 spiro atoms. The second kappa shape index (κ2) is 7.23. The van der Waals surface area contributed by atoms with Crippen molar-refractivity contribution >= 4 is 22.8 Å². The fraction of sp³-hybridized carbons (Fsp3) is 0.632. The zero-order chi connectivity index (χ0) is 18.1. The van der Waals surface area contributed by atoms with Gasteiger partial charge >= 0.3 is 0 Å². The summed E-state index contributed by atoms with van der Waals surface area (Å²) in [4.78, 5) is 29.3. The number of piperidine rings is 1. The molecule has 2 aliphatic rings. The molecule has 0 bridgehead atoms. The number of nitrogens with one attached hydrogen (secondary N) is 2. The van der Waals surface area contributed by atoms with Crippen LogP contribution in [-0.2, 0) is 11.2 Å². The number of anilines is 1. The van der Waals surface area contributed by atoms with Crippen molar-refractivity contribution in [1.82, 2.24) is 25.2 Å². The Morgan fingerprint density at radius 2 is 2.19 bits per heavy atom. The number of likely N-dealkylation sites (tertiary alicyclic amines) is 1. The molecule has 4 heterocycles. The molecule has 26 heavy (non-hydrogen) atoms. The smallest absolute Gasteiger partial charge is 0.237 e. The van der Waals surface area contributed by atoms with E-state index >= 15 is 0 Å². The number of carbonyl (C=O) groups excluding carboxylic acids is 1. The van der Waals surface area contributed by atoms with Gasteiger partial charge in [-0.05, 0) is 44.8 Å². The molecule has 0 radical (unpaired) electrons. The SMILES string of the molecule is CCc1c[nH]c2ncnc(N3CC[C@H](NC(=O)[C@H]4CCCCN4C)C3)c12. The van der Waals surface area contributed by atoms with E-state index in [1.165, 1.54) is 12.0 Å². The third-order valence-electron chi connectivity index (χ3n) is 5.82. The first-order chi connectivity index (χ1) is 12.7. The van der Waals surface area contributed by atoms with Crippen molar-refractivity contribution < 1.29 is 4.79 Å². The van der Waals surface area contributed by atoms with E-state index in [1.54, 1.807) is 6.33 Å². The Bertz CT molecular complexity index is 787. The minimum Gasteiger partial charge on any atom is -0.354 e. The summed E-state index contributed by atoms with van der Waals surface area (Å²) in [6.45, 7) is 4.88. The molecule has 0 saturated carbocycles. The molecule has 1 amide bonds. The standard InChI is InChI=1S/C19H28N6O/c1-3-13-10-20-17-16(13)18(22-12-21-17)25-9-7-14(11-25)23-19(26)15-6-4-5-8-24(15)2/h10,12,14-15H,3-9,11H2,1-2H3,(H,23,26)(H,20,21,22)/t14-,15+/m0/s1. The van der Waals surface area contributed by atoms with Crippen molar-refractivity contribution in [2.75, 3.05) is 31.6 Å². The molecule has 2 fully saturated rings. The summed E-state index contributed by atoms with van der Waals surface area (Å²) in [6, 6.07) is 0.215. The summed E-state index contributed by atoms with van der Waals surface area (Å²) in [7, 11) is 2.06. The van der Waals surface area contributed by atoms with Gasteiger partial charge in [0.1, 0.15) is 17.8 Å². The summed E-state index contributed by atoms with van der Waals surface area (Å²) < 4.78 is 0. The second-order valence-electron chi connectivity index (χ2n) is 7.52. The zero-order valence-electron chi connectivity index (χ0n) is 15.7. The Kier molecular flexibility index (Phi) is 4.80. The molecule has 2 atom stereocenters. The van der Waals surface area contributed by atoms with E-state index in [9.17, 15) is 4.79 Å². The third kappa shape index (κ3) is 3.16. The number of aromatic amines is 1. The fourth-order valence-corrected chi connectivity index (χ4v) is 4.30. The molecule has 2 aliphatic heterocycles. The molecular weight excluding hydrogens is 328 g/mol. The molecule has 0 unspecified atom stereocenters. The molecule has 7 heteroatoms. The minimum atomic E-state index is 0.0277. The number of rotatable bonds is 4. The summed E-state index contributed by atoms with van der Waals surface area (Å²) in [6.07, 6.45) is 8.85. The summed E-state index contributed by atoms with van der Waals surface area (Å²) in [5, 5.41) is 4.40. The Labute approximate surface area is 154 Å². The van der Waals surface area contributed by atoms with E-state index in [4.69, 9.17) is 0 Å². The highest BCUT2D eigenvalue weighted by atomic mass is 16.2. The summed E-state index contributed by atoms with van der Waals surface area (Å²) in [5.41, 5.74) is 2.13. The molecular formula is C19H28N6O. The van der Waals surface area contributed by atoms with Crippen LogP contribution < -0.4 is 10.2 Å². The number of H-pyrrole nitrogens is 1. The van der Waals surface area contributed by atoms with Crippen LogP contribution in [0.1, 0.15) is 38.2 Å². The van der Waals surface area contributed by atoms with Crippen molar-refractivity contribution in [2.45, 2.75) is 51.1 Å². The highest BCUT2D eigenvalue weighted by Crippen LogP contribution is 2.29. The van der Waals surface area contributed by atoms with Crippen LogP contribution in [0.15, 0.2) is 12.5 Å². The number of likely N-dealkylation sites (N-methyl/N-ethyl adjacent to an activating group) is 1. The molecule has 0 aliphatic carbocycles.